The van der Waals surface area contributed by atoms with E-state index in [1.807, 2.05) is 24.3 Å². The zero-order chi connectivity index (χ0) is 16.1. The number of esters is 1. The minimum Gasteiger partial charge on any atom is -0.463 e. The van der Waals surface area contributed by atoms with E-state index in [2.05, 4.69) is 43.3 Å². The van der Waals surface area contributed by atoms with E-state index in [-0.39, 0.29) is 5.97 Å². The van der Waals surface area contributed by atoms with Gasteiger partial charge < -0.3 is 4.74 Å². The molecule has 0 radical (unpaired) electrons. The van der Waals surface area contributed by atoms with Gasteiger partial charge in [0.25, 0.3) is 0 Å². The molecule has 0 unspecified atom stereocenters. The fraction of sp³-hybridized carbons (Fsp3) is 0.190. The fourth-order valence-corrected chi connectivity index (χ4v) is 2.74. The Labute approximate surface area is 136 Å². The molecule has 0 aliphatic rings. The number of unbranched alkanes of at least 4 members (excludes halogenated alkanes) is 1. The predicted molar refractivity (Wildman–Crippen MR) is 96.4 cm³/mol. The highest BCUT2D eigenvalue weighted by atomic mass is 16.5. The van der Waals surface area contributed by atoms with Gasteiger partial charge in [-0.25, -0.2) is 4.79 Å². The minimum atomic E-state index is -0.282. The van der Waals surface area contributed by atoms with Gasteiger partial charge in [-0.15, -0.1) is 0 Å². The van der Waals surface area contributed by atoms with Crippen LogP contribution in [0.3, 0.4) is 0 Å². The molecule has 0 bridgehead atoms. The summed E-state index contributed by atoms with van der Waals surface area (Å²) in [6.07, 6.45) is 5.29. The van der Waals surface area contributed by atoms with Crippen LogP contribution < -0.4 is 0 Å². The minimum absolute atomic E-state index is 0.282. The molecule has 2 heteroatoms. The van der Waals surface area contributed by atoms with Crippen LogP contribution in [-0.2, 0) is 9.53 Å². The smallest absolute Gasteiger partial charge is 0.330 e. The lowest BCUT2D eigenvalue weighted by molar-refractivity contribution is -0.137. The molecule has 0 aliphatic carbocycles. The highest BCUT2D eigenvalue weighted by Crippen LogP contribution is 2.29. The van der Waals surface area contributed by atoms with E-state index in [9.17, 15) is 4.79 Å². The average Bonchev–Trinajstić information content (AvgIpc) is 2.60. The zero-order valence-corrected chi connectivity index (χ0v) is 13.3. The van der Waals surface area contributed by atoms with Crippen molar-refractivity contribution in [2.24, 2.45) is 0 Å². The molecular formula is C21H20O2. The van der Waals surface area contributed by atoms with Crippen molar-refractivity contribution in [2.75, 3.05) is 6.61 Å². The Kier molecular flexibility index (Phi) is 4.72. The van der Waals surface area contributed by atoms with E-state index in [0.29, 0.717) is 6.61 Å². The summed E-state index contributed by atoms with van der Waals surface area (Å²) in [5, 5.41) is 4.74. The third-order valence-corrected chi connectivity index (χ3v) is 3.94. The molecule has 23 heavy (non-hydrogen) atoms. The van der Waals surface area contributed by atoms with Crippen LogP contribution in [-0.4, -0.2) is 12.6 Å². The van der Waals surface area contributed by atoms with Crippen molar-refractivity contribution in [1.82, 2.24) is 0 Å². The van der Waals surface area contributed by atoms with Crippen LogP contribution in [0.25, 0.3) is 27.6 Å². The number of carbonyl (C=O) groups excluding carboxylic acids is 1. The van der Waals surface area contributed by atoms with E-state index >= 15 is 0 Å². The van der Waals surface area contributed by atoms with Crippen LogP contribution >= 0.6 is 0 Å². The first-order valence-electron chi connectivity index (χ1n) is 8.05. The second-order valence-corrected chi connectivity index (χ2v) is 5.59. The van der Waals surface area contributed by atoms with Crippen LogP contribution in [0.15, 0.2) is 60.7 Å². The van der Waals surface area contributed by atoms with Crippen molar-refractivity contribution < 1.29 is 9.53 Å². The van der Waals surface area contributed by atoms with Crippen molar-refractivity contribution in [3.63, 3.8) is 0 Å². The summed E-state index contributed by atoms with van der Waals surface area (Å²) in [6, 6.07) is 18.7. The molecule has 0 spiro atoms. The molecule has 0 saturated heterocycles. The summed E-state index contributed by atoms with van der Waals surface area (Å²) in [5.41, 5.74) is 1.03. The zero-order valence-electron chi connectivity index (χ0n) is 13.3. The second-order valence-electron chi connectivity index (χ2n) is 5.59. The van der Waals surface area contributed by atoms with Crippen molar-refractivity contribution in [2.45, 2.75) is 19.8 Å². The molecule has 0 N–H and O–H groups in total. The fourth-order valence-electron chi connectivity index (χ4n) is 2.74. The highest BCUT2D eigenvalue weighted by Gasteiger charge is 2.04. The quantitative estimate of drug-likeness (QED) is 0.275. The Bertz CT molecular complexity index is 862. The lowest BCUT2D eigenvalue weighted by atomic mass is 9.97. The summed E-state index contributed by atoms with van der Waals surface area (Å²) in [7, 11) is 0. The van der Waals surface area contributed by atoms with Gasteiger partial charge in [-0.1, -0.05) is 61.9 Å². The number of hydrogen-bond donors (Lipinski definition) is 0. The first-order valence-corrected chi connectivity index (χ1v) is 8.05. The third-order valence-electron chi connectivity index (χ3n) is 3.94. The monoisotopic (exact) mass is 304 g/mol. The van der Waals surface area contributed by atoms with E-state index in [0.717, 1.165) is 23.8 Å². The topological polar surface area (TPSA) is 26.3 Å². The lowest BCUT2D eigenvalue weighted by Crippen LogP contribution is -2.01. The molecule has 116 valence electrons. The van der Waals surface area contributed by atoms with Gasteiger partial charge in [-0.2, -0.15) is 0 Å². The molecule has 0 atom stereocenters. The van der Waals surface area contributed by atoms with Crippen LogP contribution in [0.5, 0.6) is 0 Å². The number of rotatable bonds is 5. The number of benzene rings is 3. The average molecular weight is 304 g/mol. The van der Waals surface area contributed by atoms with E-state index < -0.39 is 0 Å². The Morgan fingerprint density at radius 1 is 1.00 bits per heavy atom. The third kappa shape index (κ3) is 3.42. The number of carbonyl (C=O) groups is 1. The van der Waals surface area contributed by atoms with Gasteiger partial charge >= 0.3 is 5.97 Å². The molecule has 0 saturated carbocycles. The first kappa shape index (κ1) is 15.3. The van der Waals surface area contributed by atoms with Gasteiger partial charge in [0, 0.05) is 6.08 Å². The molecule has 0 amide bonds. The van der Waals surface area contributed by atoms with Crippen molar-refractivity contribution in [3.8, 4) is 0 Å². The van der Waals surface area contributed by atoms with E-state index in [1.165, 1.54) is 22.2 Å². The molecule has 2 nitrogen and oxygen atoms in total. The van der Waals surface area contributed by atoms with Gasteiger partial charge in [0.15, 0.2) is 0 Å². The maximum absolute atomic E-state index is 11.8. The van der Waals surface area contributed by atoms with Gasteiger partial charge in [0.05, 0.1) is 6.61 Å². The van der Waals surface area contributed by atoms with Crippen LogP contribution in [0.2, 0.25) is 0 Å². The number of ether oxygens (including phenoxy) is 1. The summed E-state index contributed by atoms with van der Waals surface area (Å²) in [4.78, 5) is 11.8. The normalized spacial score (nSPS) is 11.3. The van der Waals surface area contributed by atoms with Crippen molar-refractivity contribution >= 4 is 33.6 Å². The first-order chi connectivity index (χ1) is 11.3. The maximum Gasteiger partial charge on any atom is 0.330 e. The predicted octanol–water partition coefficient (Wildman–Crippen LogP) is 5.35. The molecule has 3 aromatic rings. The summed E-state index contributed by atoms with van der Waals surface area (Å²) in [6.45, 7) is 2.56. The van der Waals surface area contributed by atoms with Gasteiger partial charge in [-0.05, 0) is 45.7 Å². The molecule has 3 aromatic carbocycles. The van der Waals surface area contributed by atoms with Gasteiger partial charge in [0.2, 0.25) is 0 Å². The van der Waals surface area contributed by atoms with Gasteiger partial charge in [0.1, 0.15) is 0 Å². The molecular weight excluding hydrogens is 284 g/mol. The van der Waals surface area contributed by atoms with E-state index in [4.69, 9.17) is 4.74 Å². The maximum atomic E-state index is 11.8. The molecule has 3 rings (SSSR count). The molecule has 0 aliphatic heterocycles. The molecule has 0 aromatic heterocycles. The van der Waals surface area contributed by atoms with Crippen molar-refractivity contribution in [3.05, 3.63) is 66.2 Å². The Morgan fingerprint density at radius 2 is 1.70 bits per heavy atom. The largest absolute Gasteiger partial charge is 0.463 e. The second kappa shape index (κ2) is 7.10. The number of fused-ring (bicyclic) bond motifs is 3. The Morgan fingerprint density at radius 3 is 2.48 bits per heavy atom. The van der Waals surface area contributed by atoms with Crippen LogP contribution in [0.4, 0.5) is 0 Å². The molecule has 0 fully saturated rings. The highest BCUT2D eigenvalue weighted by molar-refractivity contribution is 6.11. The summed E-state index contributed by atoms with van der Waals surface area (Å²) < 4.78 is 5.18. The Hall–Kier alpha value is -2.61. The molecule has 0 heterocycles. The lowest BCUT2D eigenvalue weighted by Gasteiger charge is -2.07. The van der Waals surface area contributed by atoms with Gasteiger partial charge in [-0.3, -0.25) is 0 Å². The number of hydrogen-bond acceptors (Lipinski definition) is 2. The van der Waals surface area contributed by atoms with Crippen LogP contribution in [0, 0.1) is 0 Å². The van der Waals surface area contributed by atoms with Crippen molar-refractivity contribution in [1.29, 1.82) is 0 Å². The summed E-state index contributed by atoms with van der Waals surface area (Å²) >= 11 is 0. The standard InChI is InChI=1S/C21H20O2/c1-2-3-14-23-21(22)13-12-17-15-16-8-4-5-9-18(16)20-11-7-6-10-19(17)20/h4-13,15H,2-3,14H2,1H3/b13-12+. The van der Waals surface area contributed by atoms with Crippen LogP contribution in [0.1, 0.15) is 25.3 Å². The Balaban J connectivity index is 1.97. The summed E-state index contributed by atoms with van der Waals surface area (Å²) in [5.74, 6) is -0.282. The van der Waals surface area contributed by atoms with E-state index in [1.54, 1.807) is 0 Å². The SMILES string of the molecule is CCCCOC(=O)/C=C/c1cc2ccccc2c2ccccc12.